The topological polar surface area (TPSA) is 21.3 Å². The summed E-state index contributed by atoms with van der Waals surface area (Å²) < 4.78 is 19.5. The zero-order valence-corrected chi connectivity index (χ0v) is 11.3. The van der Waals surface area contributed by atoms with E-state index in [2.05, 4.69) is 5.32 Å². The second-order valence-electron chi connectivity index (χ2n) is 4.70. The minimum absolute atomic E-state index is 0.00657. The van der Waals surface area contributed by atoms with Gasteiger partial charge in [0.1, 0.15) is 5.82 Å². The van der Waals surface area contributed by atoms with Gasteiger partial charge in [-0.1, -0.05) is 23.7 Å². The molecule has 18 heavy (non-hydrogen) atoms. The number of ether oxygens (including phenoxy) is 1. The summed E-state index contributed by atoms with van der Waals surface area (Å²) in [5.41, 5.74) is 0.642. The highest BCUT2D eigenvalue weighted by Gasteiger charge is 2.20. The minimum Gasteiger partial charge on any atom is -0.378 e. The van der Waals surface area contributed by atoms with Crippen molar-refractivity contribution in [1.29, 1.82) is 0 Å². The molecule has 0 amide bonds. The van der Waals surface area contributed by atoms with Crippen molar-refractivity contribution < 1.29 is 9.13 Å². The highest BCUT2D eigenvalue weighted by atomic mass is 35.5. The molecule has 100 valence electrons. The Kier molecular flexibility index (Phi) is 4.98. The van der Waals surface area contributed by atoms with Crippen molar-refractivity contribution in [2.45, 2.75) is 37.8 Å². The Hall–Kier alpha value is -0.640. The zero-order chi connectivity index (χ0) is 13.0. The number of halogens is 2. The molecule has 0 aliphatic carbocycles. The van der Waals surface area contributed by atoms with Crippen LogP contribution in [0.1, 0.15) is 37.3 Å². The van der Waals surface area contributed by atoms with E-state index in [0.29, 0.717) is 11.7 Å². The molecule has 2 atom stereocenters. The van der Waals surface area contributed by atoms with E-state index in [1.54, 1.807) is 18.2 Å². The van der Waals surface area contributed by atoms with Crippen molar-refractivity contribution in [2.24, 2.45) is 0 Å². The summed E-state index contributed by atoms with van der Waals surface area (Å²) in [5.74, 6) is -0.314. The van der Waals surface area contributed by atoms with Gasteiger partial charge in [0.25, 0.3) is 0 Å². The maximum Gasteiger partial charge on any atom is 0.146 e. The van der Waals surface area contributed by atoms with Crippen LogP contribution >= 0.6 is 11.6 Å². The monoisotopic (exact) mass is 271 g/mol. The van der Waals surface area contributed by atoms with Crippen molar-refractivity contribution in [3.05, 3.63) is 34.6 Å². The highest BCUT2D eigenvalue weighted by molar-refractivity contribution is 6.30. The molecule has 4 heteroatoms. The summed E-state index contributed by atoms with van der Waals surface area (Å²) in [7, 11) is 1.85. The van der Waals surface area contributed by atoms with Crippen molar-refractivity contribution in [3.8, 4) is 0 Å². The van der Waals surface area contributed by atoms with Gasteiger partial charge in [0, 0.05) is 18.2 Å². The lowest BCUT2D eigenvalue weighted by Crippen LogP contribution is -2.20. The van der Waals surface area contributed by atoms with Gasteiger partial charge in [-0.05, 0) is 38.8 Å². The van der Waals surface area contributed by atoms with E-state index in [0.717, 1.165) is 32.3 Å². The number of benzene rings is 1. The molecule has 1 aliphatic rings. The van der Waals surface area contributed by atoms with E-state index in [9.17, 15) is 4.39 Å². The van der Waals surface area contributed by atoms with Crippen LogP contribution in [0.4, 0.5) is 4.39 Å². The molecule has 1 N–H and O–H groups in total. The second-order valence-corrected chi connectivity index (χ2v) is 5.10. The van der Waals surface area contributed by atoms with E-state index in [1.807, 2.05) is 7.05 Å². The molecule has 0 spiro atoms. The maximum absolute atomic E-state index is 13.9. The fraction of sp³-hybridized carbons (Fsp3) is 0.571. The molecule has 1 fully saturated rings. The largest absolute Gasteiger partial charge is 0.378 e. The van der Waals surface area contributed by atoms with Crippen LogP contribution in [0.5, 0.6) is 0 Å². The van der Waals surface area contributed by atoms with Crippen LogP contribution in [-0.4, -0.2) is 19.8 Å². The Morgan fingerprint density at radius 3 is 3.06 bits per heavy atom. The molecule has 1 aromatic carbocycles. The summed E-state index contributed by atoms with van der Waals surface area (Å²) in [6.45, 7) is 0.862. The van der Waals surface area contributed by atoms with Gasteiger partial charge in [-0.2, -0.15) is 0 Å². The average molecular weight is 272 g/mol. The van der Waals surface area contributed by atoms with E-state index in [1.165, 1.54) is 0 Å². The SMILES string of the molecule is CNC(CCC1CCCO1)c1cccc(Cl)c1F. The average Bonchev–Trinajstić information content (AvgIpc) is 2.88. The van der Waals surface area contributed by atoms with Crippen molar-refractivity contribution in [2.75, 3.05) is 13.7 Å². The Morgan fingerprint density at radius 2 is 2.39 bits per heavy atom. The van der Waals surface area contributed by atoms with Crippen LogP contribution in [0.2, 0.25) is 5.02 Å². The summed E-state index contributed by atoms with van der Waals surface area (Å²) in [5, 5.41) is 3.34. The summed E-state index contributed by atoms with van der Waals surface area (Å²) in [4.78, 5) is 0. The fourth-order valence-corrected chi connectivity index (χ4v) is 2.65. The lowest BCUT2D eigenvalue weighted by atomic mass is 9.99. The molecule has 0 bridgehead atoms. The van der Waals surface area contributed by atoms with Crippen molar-refractivity contribution >= 4 is 11.6 Å². The fourth-order valence-electron chi connectivity index (χ4n) is 2.47. The third-order valence-corrected chi connectivity index (χ3v) is 3.80. The first-order valence-corrected chi connectivity index (χ1v) is 6.83. The molecule has 2 unspecified atom stereocenters. The summed E-state index contributed by atoms with van der Waals surface area (Å²) in [6.07, 6.45) is 4.41. The van der Waals surface area contributed by atoms with Gasteiger partial charge in [0.05, 0.1) is 11.1 Å². The number of rotatable bonds is 5. The first-order valence-electron chi connectivity index (χ1n) is 6.45. The molecule has 0 saturated carbocycles. The van der Waals surface area contributed by atoms with Crippen LogP contribution in [0, 0.1) is 5.82 Å². The predicted octanol–water partition coefficient (Wildman–Crippen LogP) is 3.70. The van der Waals surface area contributed by atoms with Crippen LogP contribution in [0.15, 0.2) is 18.2 Å². The van der Waals surface area contributed by atoms with Gasteiger partial charge in [-0.3, -0.25) is 0 Å². The summed E-state index contributed by atoms with van der Waals surface area (Å²) in [6, 6.07) is 5.15. The van der Waals surface area contributed by atoms with Gasteiger partial charge >= 0.3 is 0 Å². The first kappa shape index (κ1) is 13.8. The molecule has 1 aromatic rings. The number of nitrogens with one attached hydrogen (secondary N) is 1. The van der Waals surface area contributed by atoms with E-state index >= 15 is 0 Å². The first-order chi connectivity index (χ1) is 8.72. The van der Waals surface area contributed by atoms with Gasteiger partial charge < -0.3 is 10.1 Å². The zero-order valence-electron chi connectivity index (χ0n) is 10.6. The minimum atomic E-state index is -0.314. The summed E-state index contributed by atoms with van der Waals surface area (Å²) >= 11 is 5.81. The molecule has 0 radical (unpaired) electrons. The molecule has 1 saturated heterocycles. The van der Waals surface area contributed by atoms with Gasteiger partial charge in [0.2, 0.25) is 0 Å². The lowest BCUT2D eigenvalue weighted by Gasteiger charge is -2.19. The molecular formula is C14H19ClFNO. The highest BCUT2D eigenvalue weighted by Crippen LogP contribution is 2.28. The van der Waals surface area contributed by atoms with E-state index in [4.69, 9.17) is 16.3 Å². The second kappa shape index (κ2) is 6.50. The van der Waals surface area contributed by atoms with Gasteiger partial charge in [-0.15, -0.1) is 0 Å². The predicted molar refractivity (Wildman–Crippen MR) is 71.4 cm³/mol. The van der Waals surface area contributed by atoms with E-state index < -0.39 is 0 Å². The van der Waals surface area contributed by atoms with Crippen molar-refractivity contribution in [1.82, 2.24) is 5.32 Å². The molecule has 1 aliphatic heterocycles. The van der Waals surface area contributed by atoms with Crippen LogP contribution in [0.25, 0.3) is 0 Å². The molecule has 0 aromatic heterocycles. The normalized spacial score (nSPS) is 21.2. The molecular weight excluding hydrogens is 253 g/mol. The van der Waals surface area contributed by atoms with Crippen LogP contribution in [-0.2, 0) is 4.74 Å². The van der Waals surface area contributed by atoms with Crippen LogP contribution < -0.4 is 5.32 Å². The quantitative estimate of drug-likeness (QED) is 0.882. The molecule has 2 nitrogen and oxygen atoms in total. The van der Waals surface area contributed by atoms with Gasteiger partial charge in [0.15, 0.2) is 0 Å². The molecule has 1 heterocycles. The number of hydrogen-bond acceptors (Lipinski definition) is 2. The Balaban J connectivity index is 2.00. The Morgan fingerprint density at radius 1 is 1.56 bits per heavy atom. The van der Waals surface area contributed by atoms with Gasteiger partial charge in [-0.25, -0.2) is 4.39 Å². The van der Waals surface area contributed by atoms with E-state index in [-0.39, 0.29) is 16.9 Å². The molecule has 2 rings (SSSR count). The lowest BCUT2D eigenvalue weighted by molar-refractivity contribution is 0.0997. The third kappa shape index (κ3) is 3.22. The Bertz CT molecular complexity index is 393. The smallest absolute Gasteiger partial charge is 0.146 e. The number of hydrogen-bond donors (Lipinski definition) is 1. The van der Waals surface area contributed by atoms with Crippen LogP contribution in [0.3, 0.4) is 0 Å². The van der Waals surface area contributed by atoms with Crippen molar-refractivity contribution in [3.63, 3.8) is 0 Å². The Labute approximate surface area is 112 Å². The maximum atomic E-state index is 13.9. The third-order valence-electron chi connectivity index (χ3n) is 3.51. The standard InChI is InChI=1S/C14H19ClFNO/c1-17-13(8-7-10-4-3-9-18-10)11-5-2-6-12(15)14(11)16/h2,5-6,10,13,17H,3-4,7-9H2,1H3.